The number of rotatable bonds is 8. The summed E-state index contributed by atoms with van der Waals surface area (Å²) in [6.45, 7) is -0.190. The second kappa shape index (κ2) is 9.59. The van der Waals surface area contributed by atoms with E-state index >= 15 is 0 Å². The van der Waals surface area contributed by atoms with Gasteiger partial charge in [-0.1, -0.05) is 12.1 Å². The van der Waals surface area contributed by atoms with Crippen LogP contribution >= 0.6 is 0 Å². The van der Waals surface area contributed by atoms with Gasteiger partial charge in [-0.05, 0) is 29.8 Å². The van der Waals surface area contributed by atoms with Gasteiger partial charge in [-0.3, -0.25) is 4.79 Å². The molecule has 0 bridgehead atoms. The normalized spacial score (nSPS) is 10.2. The molecule has 0 saturated carbocycles. The van der Waals surface area contributed by atoms with Gasteiger partial charge < -0.3 is 23.8 Å². The molecule has 0 fully saturated rings. The Labute approximate surface area is 162 Å². The van der Waals surface area contributed by atoms with Crippen molar-refractivity contribution in [3.63, 3.8) is 0 Å². The van der Waals surface area contributed by atoms with E-state index in [4.69, 9.17) is 18.9 Å². The van der Waals surface area contributed by atoms with Crippen molar-refractivity contribution < 1.29 is 32.9 Å². The Morgan fingerprint density at radius 1 is 0.929 bits per heavy atom. The van der Waals surface area contributed by atoms with Crippen LogP contribution < -0.4 is 14.2 Å². The van der Waals surface area contributed by atoms with Gasteiger partial charge in [0.05, 0.1) is 21.3 Å². The van der Waals surface area contributed by atoms with Crippen LogP contribution in [0.1, 0.15) is 15.9 Å². The highest BCUT2D eigenvalue weighted by atomic mass is 19.1. The predicted molar refractivity (Wildman–Crippen MR) is 99.3 cm³/mol. The number of amides is 1. The molecule has 28 heavy (non-hydrogen) atoms. The first-order chi connectivity index (χ1) is 13.4. The number of hydrogen-bond donors (Lipinski definition) is 0. The van der Waals surface area contributed by atoms with E-state index in [1.165, 1.54) is 44.4 Å². The summed E-state index contributed by atoms with van der Waals surface area (Å²) in [5, 5.41) is 0. The Balaban J connectivity index is 2.03. The van der Waals surface area contributed by atoms with E-state index in [-0.39, 0.29) is 29.4 Å². The van der Waals surface area contributed by atoms with Crippen molar-refractivity contribution in [2.45, 2.75) is 6.54 Å². The quantitative estimate of drug-likeness (QED) is 0.644. The lowest BCUT2D eigenvalue weighted by atomic mass is 10.1. The lowest BCUT2D eigenvalue weighted by Crippen LogP contribution is -2.30. The maximum atomic E-state index is 13.0. The Bertz CT molecular complexity index is 837. The highest BCUT2D eigenvalue weighted by Crippen LogP contribution is 2.39. The van der Waals surface area contributed by atoms with Crippen LogP contribution in [0.15, 0.2) is 36.4 Å². The van der Waals surface area contributed by atoms with E-state index in [0.29, 0.717) is 5.75 Å². The minimum atomic E-state index is -0.735. The Morgan fingerprint density at radius 3 is 2.14 bits per heavy atom. The molecule has 150 valence electrons. The number of benzene rings is 2. The average Bonchev–Trinajstić information content (AvgIpc) is 2.71. The van der Waals surface area contributed by atoms with E-state index in [0.717, 1.165) is 5.56 Å². The van der Waals surface area contributed by atoms with Crippen LogP contribution in [0.4, 0.5) is 4.39 Å². The molecule has 0 aliphatic heterocycles. The molecule has 0 unspecified atom stereocenters. The zero-order valence-electron chi connectivity index (χ0n) is 16.2. The van der Waals surface area contributed by atoms with Crippen molar-refractivity contribution in [3.8, 4) is 17.2 Å². The molecule has 2 rings (SSSR count). The fraction of sp³-hybridized carbons (Fsp3) is 0.300. The molecule has 2 aromatic carbocycles. The molecule has 0 saturated heterocycles. The van der Waals surface area contributed by atoms with E-state index in [1.807, 2.05) is 0 Å². The van der Waals surface area contributed by atoms with E-state index in [1.54, 1.807) is 25.2 Å². The minimum absolute atomic E-state index is 0.106. The summed E-state index contributed by atoms with van der Waals surface area (Å²) >= 11 is 0. The van der Waals surface area contributed by atoms with Crippen molar-refractivity contribution in [3.05, 3.63) is 53.3 Å². The summed E-state index contributed by atoms with van der Waals surface area (Å²) in [4.78, 5) is 26.0. The molecule has 0 aliphatic rings. The van der Waals surface area contributed by atoms with Crippen molar-refractivity contribution >= 4 is 11.9 Å². The van der Waals surface area contributed by atoms with Gasteiger partial charge in [0.15, 0.2) is 18.1 Å². The number of hydrogen-bond acceptors (Lipinski definition) is 6. The van der Waals surface area contributed by atoms with Crippen LogP contribution in [-0.4, -0.2) is 51.8 Å². The summed E-state index contributed by atoms with van der Waals surface area (Å²) < 4.78 is 33.7. The molecule has 0 spiro atoms. The van der Waals surface area contributed by atoms with Gasteiger partial charge >= 0.3 is 5.97 Å². The average molecular weight is 391 g/mol. The number of halogens is 1. The third-order valence-corrected chi connectivity index (χ3v) is 4.01. The number of carbonyl (C=O) groups excluding carboxylic acids is 2. The maximum Gasteiger partial charge on any atom is 0.342 e. The Kier molecular flexibility index (Phi) is 7.20. The molecule has 0 aromatic heterocycles. The van der Waals surface area contributed by atoms with Crippen LogP contribution in [0.2, 0.25) is 0 Å². The molecule has 2 aromatic rings. The molecule has 1 amide bonds. The van der Waals surface area contributed by atoms with Crippen molar-refractivity contribution in [2.24, 2.45) is 0 Å². The molecule has 0 atom stereocenters. The number of carbonyl (C=O) groups is 2. The number of ether oxygens (including phenoxy) is 4. The highest BCUT2D eigenvalue weighted by Gasteiger charge is 2.22. The number of likely N-dealkylation sites (N-methyl/N-ethyl adjacent to an activating group) is 1. The molecule has 0 heterocycles. The van der Waals surface area contributed by atoms with Crippen LogP contribution in [0.3, 0.4) is 0 Å². The van der Waals surface area contributed by atoms with Crippen LogP contribution in [-0.2, 0) is 16.1 Å². The minimum Gasteiger partial charge on any atom is -0.493 e. The van der Waals surface area contributed by atoms with Gasteiger partial charge in [0.2, 0.25) is 5.75 Å². The summed E-state index contributed by atoms with van der Waals surface area (Å²) in [5.74, 6) is -0.696. The topological polar surface area (TPSA) is 74.3 Å². The molecule has 8 heteroatoms. The first-order valence-electron chi connectivity index (χ1n) is 8.35. The molecule has 7 nitrogen and oxygen atoms in total. The molecular formula is C20H22FNO6. The van der Waals surface area contributed by atoms with Crippen molar-refractivity contribution in [2.75, 3.05) is 35.0 Å². The van der Waals surface area contributed by atoms with Gasteiger partial charge in [0.1, 0.15) is 11.4 Å². The fourth-order valence-corrected chi connectivity index (χ4v) is 2.53. The number of nitrogens with zero attached hydrogens (tertiary/aromatic N) is 1. The van der Waals surface area contributed by atoms with Crippen LogP contribution in [0.5, 0.6) is 17.2 Å². The Hall–Kier alpha value is -3.29. The number of methoxy groups -OCH3 is 3. The standard InChI is InChI=1S/C20H22FNO6/c1-22(11-13-5-7-14(21)8-6-13)17(23)12-28-20(24)15-9-10-16(25-2)19(27-4)18(15)26-3/h5-10H,11-12H2,1-4H3. The smallest absolute Gasteiger partial charge is 0.342 e. The molecule has 0 radical (unpaired) electrons. The third kappa shape index (κ3) is 4.91. The summed E-state index contributed by atoms with van der Waals surface area (Å²) in [6.07, 6.45) is 0. The van der Waals surface area contributed by atoms with E-state index in [2.05, 4.69) is 0 Å². The zero-order chi connectivity index (χ0) is 20.7. The predicted octanol–water partition coefficient (Wildman–Crippen LogP) is 2.67. The van der Waals surface area contributed by atoms with Crippen LogP contribution in [0, 0.1) is 5.82 Å². The summed E-state index contributed by atoms with van der Waals surface area (Å²) in [7, 11) is 5.83. The highest BCUT2D eigenvalue weighted by molar-refractivity contribution is 5.95. The van der Waals surface area contributed by atoms with Gasteiger partial charge in [0.25, 0.3) is 5.91 Å². The summed E-state index contributed by atoms with van der Waals surface area (Å²) in [6, 6.07) is 8.81. The first kappa shape index (κ1) is 21.0. The number of esters is 1. The SMILES string of the molecule is COc1ccc(C(=O)OCC(=O)N(C)Cc2ccc(F)cc2)c(OC)c1OC. The maximum absolute atomic E-state index is 13.0. The second-order valence-electron chi connectivity index (χ2n) is 5.83. The van der Waals surface area contributed by atoms with Crippen molar-refractivity contribution in [1.82, 2.24) is 4.90 Å². The lowest BCUT2D eigenvalue weighted by Gasteiger charge is -2.18. The molecular weight excluding hydrogens is 369 g/mol. The summed E-state index contributed by atoms with van der Waals surface area (Å²) in [5.41, 5.74) is 0.860. The van der Waals surface area contributed by atoms with Crippen molar-refractivity contribution in [1.29, 1.82) is 0 Å². The van der Waals surface area contributed by atoms with Gasteiger partial charge in [0, 0.05) is 13.6 Å². The fourth-order valence-electron chi connectivity index (χ4n) is 2.53. The molecule has 0 N–H and O–H groups in total. The lowest BCUT2D eigenvalue weighted by molar-refractivity contribution is -0.133. The second-order valence-corrected chi connectivity index (χ2v) is 5.83. The largest absolute Gasteiger partial charge is 0.493 e. The molecule has 0 aliphatic carbocycles. The Morgan fingerprint density at radius 2 is 1.57 bits per heavy atom. The first-order valence-corrected chi connectivity index (χ1v) is 8.35. The van der Waals surface area contributed by atoms with Gasteiger partial charge in [-0.15, -0.1) is 0 Å². The van der Waals surface area contributed by atoms with Crippen LogP contribution in [0.25, 0.3) is 0 Å². The van der Waals surface area contributed by atoms with E-state index in [9.17, 15) is 14.0 Å². The van der Waals surface area contributed by atoms with E-state index < -0.39 is 18.5 Å². The van der Waals surface area contributed by atoms with Gasteiger partial charge in [-0.25, -0.2) is 9.18 Å². The zero-order valence-corrected chi connectivity index (χ0v) is 16.2. The van der Waals surface area contributed by atoms with Gasteiger partial charge in [-0.2, -0.15) is 0 Å². The third-order valence-electron chi connectivity index (χ3n) is 4.01. The monoisotopic (exact) mass is 391 g/mol.